The van der Waals surface area contributed by atoms with E-state index >= 15 is 4.39 Å². The van der Waals surface area contributed by atoms with Gasteiger partial charge in [0.15, 0.2) is 5.82 Å². The second kappa shape index (κ2) is 12.7. The first-order valence-electron chi connectivity index (χ1n) is 14.0. The summed E-state index contributed by atoms with van der Waals surface area (Å²) in [5.41, 5.74) is 2.72. The van der Waals surface area contributed by atoms with Gasteiger partial charge in [0, 0.05) is 55.8 Å². The number of piperazine rings is 1. The molecule has 3 N–H and O–H groups in total. The molecule has 0 aliphatic carbocycles. The molecule has 0 bridgehead atoms. The van der Waals surface area contributed by atoms with E-state index in [0.29, 0.717) is 38.9 Å². The summed E-state index contributed by atoms with van der Waals surface area (Å²) >= 11 is 6.53. The number of aldehydes is 1. The molecule has 4 heterocycles. The van der Waals surface area contributed by atoms with Crippen LogP contribution >= 0.6 is 11.6 Å². The van der Waals surface area contributed by atoms with Gasteiger partial charge in [0.1, 0.15) is 30.0 Å². The van der Waals surface area contributed by atoms with Crippen LogP contribution in [0.2, 0.25) is 5.02 Å². The van der Waals surface area contributed by atoms with Gasteiger partial charge in [-0.2, -0.15) is 23.1 Å². The first-order chi connectivity index (χ1) is 20.9. The predicted molar refractivity (Wildman–Crippen MR) is 157 cm³/mol. The van der Waals surface area contributed by atoms with Crippen LogP contribution in [0.5, 0.6) is 6.01 Å². The van der Waals surface area contributed by atoms with Crippen LogP contribution < -0.4 is 20.7 Å². The number of fused-ring (bicyclic) bond motifs is 1. The van der Waals surface area contributed by atoms with Gasteiger partial charge in [-0.1, -0.05) is 11.6 Å². The Morgan fingerprint density at radius 2 is 2.00 bits per heavy atom. The highest BCUT2D eigenvalue weighted by atomic mass is 35.5. The molecule has 0 amide bonds. The molecule has 2 saturated heterocycles. The molecule has 2 aliphatic rings. The number of nitrogens with two attached hydrogens (primary N) is 1. The number of anilines is 2. The van der Waals surface area contributed by atoms with Crippen molar-refractivity contribution < 1.29 is 31.5 Å². The van der Waals surface area contributed by atoms with Gasteiger partial charge in [-0.05, 0) is 44.0 Å². The molecule has 2 aromatic heterocycles. The van der Waals surface area contributed by atoms with Crippen molar-refractivity contribution in [1.82, 2.24) is 25.2 Å². The number of halogens is 6. The Kier molecular flexibility index (Phi) is 9.12. The molecule has 15 heteroatoms. The predicted octanol–water partition coefficient (Wildman–Crippen LogP) is 4.94. The van der Waals surface area contributed by atoms with Gasteiger partial charge >= 0.3 is 12.2 Å². The number of benzene rings is 1. The zero-order chi connectivity index (χ0) is 31.8. The number of ether oxygens (including phenoxy) is 1. The highest BCUT2D eigenvalue weighted by Gasteiger charge is 2.39. The number of alkyl halides is 4. The van der Waals surface area contributed by atoms with E-state index in [9.17, 15) is 22.4 Å². The number of carbonyl (C=O) groups excluding carboxylic acids is 1. The van der Waals surface area contributed by atoms with E-state index in [1.807, 2.05) is 16.7 Å². The lowest BCUT2D eigenvalue weighted by Crippen LogP contribution is -2.50. The smallest absolute Gasteiger partial charge is 0.418 e. The maximum atomic E-state index is 16.5. The zero-order valence-corrected chi connectivity index (χ0v) is 24.7. The molecule has 2 aliphatic heterocycles. The van der Waals surface area contributed by atoms with Gasteiger partial charge in [-0.3, -0.25) is 9.18 Å². The van der Waals surface area contributed by atoms with Crippen LogP contribution in [0.15, 0.2) is 24.4 Å². The Bertz CT molecular complexity index is 1590. The largest absolute Gasteiger partial charge is 0.462 e. The van der Waals surface area contributed by atoms with E-state index in [-0.39, 0.29) is 63.7 Å². The molecular formula is C29H31ClF5N7O2. The number of aromatic nitrogens is 3. The van der Waals surface area contributed by atoms with E-state index in [1.165, 1.54) is 19.1 Å². The standard InChI is InChI=1S/C29H31ClF5N7O2/c1-15-8-21(36)38-26(23(15)29(33,34)35)22-20(30)10-19-25(24(22)32)39-28(44-14-18-9-17(11-31)12-37-18)40-27(19)42-6-5-41(4-3-7-43)13-16(42)2/h3-4,7-8,10,16-18,37H,5-6,9,11-14H2,1-2H3,(H2,36,38)/t16-,17-,18-/m0/s1. The Labute approximate surface area is 255 Å². The highest BCUT2D eigenvalue weighted by molar-refractivity contribution is 6.34. The van der Waals surface area contributed by atoms with Crippen molar-refractivity contribution in [3.8, 4) is 17.3 Å². The molecule has 2 fully saturated rings. The molecule has 0 unspecified atom stereocenters. The van der Waals surface area contributed by atoms with Crippen molar-refractivity contribution in [2.75, 3.05) is 50.1 Å². The number of hydrogen-bond donors (Lipinski definition) is 2. The second-order valence-corrected chi connectivity index (χ2v) is 11.5. The number of nitrogens with zero attached hydrogens (tertiary/aromatic N) is 5. The first kappa shape index (κ1) is 31.6. The molecule has 0 spiro atoms. The summed E-state index contributed by atoms with van der Waals surface area (Å²) in [6, 6.07) is 1.80. The summed E-state index contributed by atoms with van der Waals surface area (Å²) in [4.78, 5) is 27.4. The molecule has 3 atom stereocenters. The fourth-order valence-electron chi connectivity index (χ4n) is 5.81. The number of carbonyl (C=O) groups is 1. The van der Waals surface area contributed by atoms with Crippen molar-refractivity contribution in [2.24, 2.45) is 5.92 Å². The lowest BCUT2D eigenvalue weighted by molar-refractivity contribution is -0.137. The van der Waals surface area contributed by atoms with E-state index in [0.717, 1.165) is 6.07 Å². The van der Waals surface area contributed by atoms with Crippen molar-refractivity contribution in [2.45, 2.75) is 38.5 Å². The number of rotatable bonds is 8. The third-order valence-electron chi connectivity index (χ3n) is 7.85. The third kappa shape index (κ3) is 6.36. The number of pyridine rings is 1. The van der Waals surface area contributed by atoms with Crippen LogP contribution in [-0.4, -0.2) is 77.7 Å². The molecule has 0 radical (unpaired) electrons. The SMILES string of the molecule is Cc1cc(N)nc(-c2c(Cl)cc3c(N4CCN(C=CC=O)C[C@@H]4C)nc(OC[C@@H]4C[C@@H](CF)CN4)nc3c2F)c1C(F)(F)F. The summed E-state index contributed by atoms with van der Waals surface area (Å²) < 4.78 is 78.0. The first-order valence-corrected chi connectivity index (χ1v) is 14.4. The van der Waals surface area contributed by atoms with Crippen molar-refractivity contribution in [3.05, 3.63) is 46.4 Å². The molecule has 9 nitrogen and oxygen atoms in total. The van der Waals surface area contributed by atoms with Crippen molar-refractivity contribution in [1.29, 1.82) is 0 Å². The topological polar surface area (TPSA) is 110 Å². The van der Waals surface area contributed by atoms with Crippen LogP contribution in [-0.2, 0) is 11.0 Å². The van der Waals surface area contributed by atoms with Crippen LogP contribution in [0.25, 0.3) is 22.2 Å². The summed E-state index contributed by atoms with van der Waals surface area (Å²) in [7, 11) is 0. The minimum atomic E-state index is -4.88. The molecule has 236 valence electrons. The van der Waals surface area contributed by atoms with E-state index in [4.69, 9.17) is 22.1 Å². The number of nitrogens with one attached hydrogen (secondary N) is 1. The van der Waals surface area contributed by atoms with Gasteiger partial charge < -0.3 is 25.6 Å². The number of allylic oxidation sites excluding steroid dienone is 1. The summed E-state index contributed by atoms with van der Waals surface area (Å²) in [5.74, 6) is -1.25. The van der Waals surface area contributed by atoms with Gasteiger partial charge in [0.25, 0.3) is 0 Å². The van der Waals surface area contributed by atoms with Gasteiger partial charge in [0.2, 0.25) is 0 Å². The van der Waals surface area contributed by atoms with Crippen LogP contribution in [0.3, 0.4) is 0 Å². The van der Waals surface area contributed by atoms with Gasteiger partial charge in [0.05, 0.1) is 28.5 Å². The Morgan fingerprint density at radius 3 is 2.66 bits per heavy atom. The van der Waals surface area contributed by atoms with Gasteiger partial charge in [-0.15, -0.1) is 0 Å². The Morgan fingerprint density at radius 1 is 1.23 bits per heavy atom. The van der Waals surface area contributed by atoms with E-state index in [1.54, 1.807) is 6.20 Å². The quantitative estimate of drug-likeness (QED) is 0.201. The summed E-state index contributed by atoms with van der Waals surface area (Å²) in [5, 5.41) is 3.00. The van der Waals surface area contributed by atoms with E-state index < -0.39 is 35.5 Å². The lowest BCUT2D eigenvalue weighted by Gasteiger charge is -2.40. The van der Waals surface area contributed by atoms with Crippen LogP contribution in [0, 0.1) is 18.7 Å². The molecule has 1 aromatic carbocycles. The Balaban J connectivity index is 1.64. The molecule has 0 saturated carbocycles. The monoisotopic (exact) mass is 639 g/mol. The third-order valence-corrected chi connectivity index (χ3v) is 8.15. The highest BCUT2D eigenvalue weighted by Crippen LogP contribution is 2.44. The maximum absolute atomic E-state index is 16.5. The van der Waals surface area contributed by atoms with Crippen LogP contribution in [0.1, 0.15) is 24.5 Å². The van der Waals surface area contributed by atoms with E-state index in [2.05, 4.69) is 20.3 Å². The molecule has 3 aromatic rings. The average molecular weight is 640 g/mol. The van der Waals surface area contributed by atoms with Crippen molar-refractivity contribution in [3.63, 3.8) is 0 Å². The lowest BCUT2D eigenvalue weighted by atomic mass is 9.99. The fourth-order valence-corrected chi connectivity index (χ4v) is 6.09. The van der Waals surface area contributed by atoms with Crippen molar-refractivity contribution >= 4 is 40.4 Å². The maximum Gasteiger partial charge on any atom is 0.418 e. The number of nitrogen functional groups attached to an aromatic ring is 1. The minimum absolute atomic E-state index is 0.0670. The van der Waals surface area contributed by atoms with Crippen LogP contribution in [0.4, 0.5) is 33.6 Å². The number of hydrogen-bond acceptors (Lipinski definition) is 9. The summed E-state index contributed by atoms with van der Waals surface area (Å²) in [6.45, 7) is 4.61. The fraction of sp³-hybridized carbons (Fsp3) is 0.448. The normalized spacial score (nSPS) is 21.0. The average Bonchev–Trinajstić information content (AvgIpc) is 3.42. The molecule has 5 rings (SSSR count). The minimum Gasteiger partial charge on any atom is -0.462 e. The van der Waals surface area contributed by atoms with Gasteiger partial charge in [-0.25, -0.2) is 9.37 Å². The molecular weight excluding hydrogens is 609 g/mol. The Hall–Kier alpha value is -3.78. The second-order valence-electron chi connectivity index (χ2n) is 11.0. The summed E-state index contributed by atoms with van der Waals surface area (Å²) in [6.07, 6.45) is -0.615. The number of aryl methyl sites for hydroxylation is 1. The zero-order valence-electron chi connectivity index (χ0n) is 24.0. The molecule has 44 heavy (non-hydrogen) atoms.